The SMILES string of the molecule is COc1ccccc1CNC(=O)c1cc(Nc2cccc3cccnc23)nc(C)n1. The second-order valence-electron chi connectivity index (χ2n) is 6.69. The van der Waals surface area contributed by atoms with Gasteiger partial charge in [0, 0.05) is 29.8 Å². The monoisotopic (exact) mass is 399 g/mol. The molecular formula is C23H21N5O2. The quantitative estimate of drug-likeness (QED) is 0.509. The van der Waals surface area contributed by atoms with Crippen LogP contribution in [0.4, 0.5) is 11.5 Å². The first-order chi connectivity index (χ1) is 14.6. The number of para-hydroxylation sites is 2. The van der Waals surface area contributed by atoms with E-state index in [0.717, 1.165) is 27.9 Å². The summed E-state index contributed by atoms with van der Waals surface area (Å²) in [7, 11) is 1.61. The number of rotatable bonds is 6. The van der Waals surface area contributed by atoms with Gasteiger partial charge in [-0.2, -0.15) is 0 Å². The number of benzene rings is 2. The van der Waals surface area contributed by atoms with Crippen LogP contribution in [0.1, 0.15) is 21.9 Å². The second-order valence-corrected chi connectivity index (χ2v) is 6.69. The number of aromatic nitrogens is 3. The molecule has 2 N–H and O–H groups in total. The van der Waals surface area contributed by atoms with Gasteiger partial charge in [-0.15, -0.1) is 0 Å². The van der Waals surface area contributed by atoms with Gasteiger partial charge in [-0.05, 0) is 25.1 Å². The molecule has 150 valence electrons. The van der Waals surface area contributed by atoms with E-state index in [1.807, 2.05) is 54.6 Å². The molecule has 0 atom stereocenters. The Balaban J connectivity index is 1.55. The Labute approximate surface area is 174 Å². The van der Waals surface area contributed by atoms with Crippen molar-refractivity contribution in [2.75, 3.05) is 12.4 Å². The molecule has 0 unspecified atom stereocenters. The fourth-order valence-electron chi connectivity index (χ4n) is 3.21. The molecule has 0 saturated carbocycles. The highest BCUT2D eigenvalue weighted by Crippen LogP contribution is 2.24. The average Bonchev–Trinajstić information content (AvgIpc) is 2.77. The van der Waals surface area contributed by atoms with E-state index in [4.69, 9.17) is 4.74 Å². The van der Waals surface area contributed by atoms with Crippen molar-refractivity contribution in [3.05, 3.63) is 83.9 Å². The number of nitrogens with zero attached hydrogens (tertiary/aromatic N) is 3. The van der Waals surface area contributed by atoms with Gasteiger partial charge in [0.25, 0.3) is 5.91 Å². The number of ether oxygens (including phenoxy) is 1. The topological polar surface area (TPSA) is 89.0 Å². The van der Waals surface area contributed by atoms with Gasteiger partial charge in [0.2, 0.25) is 0 Å². The lowest BCUT2D eigenvalue weighted by Gasteiger charge is -2.11. The average molecular weight is 399 g/mol. The first-order valence-electron chi connectivity index (χ1n) is 9.50. The van der Waals surface area contributed by atoms with Crippen LogP contribution in [0.15, 0.2) is 66.9 Å². The first kappa shape index (κ1) is 19.3. The van der Waals surface area contributed by atoms with Crippen LogP contribution in [0.5, 0.6) is 5.75 Å². The van der Waals surface area contributed by atoms with Crippen molar-refractivity contribution < 1.29 is 9.53 Å². The van der Waals surface area contributed by atoms with E-state index in [1.54, 1.807) is 26.3 Å². The lowest BCUT2D eigenvalue weighted by molar-refractivity contribution is 0.0945. The molecule has 2 aromatic carbocycles. The Kier molecular flexibility index (Phi) is 5.52. The number of anilines is 2. The maximum absolute atomic E-state index is 12.7. The second kappa shape index (κ2) is 8.57. The van der Waals surface area contributed by atoms with Gasteiger partial charge >= 0.3 is 0 Å². The molecule has 2 aromatic heterocycles. The van der Waals surface area contributed by atoms with Crippen LogP contribution in [-0.4, -0.2) is 28.0 Å². The molecule has 0 aliphatic rings. The van der Waals surface area contributed by atoms with Crippen molar-refractivity contribution in [1.82, 2.24) is 20.3 Å². The lowest BCUT2D eigenvalue weighted by atomic mass is 10.2. The molecule has 0 aliphatic heterocycles. The van der Waals surface area contributed by atoms with E-state index < -0.39 is 0 Å². The van der Waals surface area contributed by atoms with Gasteiger partial charge in [-0.25, -0.2) is 9.97 Å². The zero-order chi connectivity index (χ0) is 20.9. The van der Waals surface area contributed by atoms with Crippen molar-refractivity contribution in [2.24, 2.45) is 0 Å². The van der Waals surface area contributed by atoms with Gasteiger partial charge in [-0.1, -0.05) is 36.4 Å². The molecule has 4 rings (SSSR count). The Morgan fingerprint density at radius 1 is 1.03 bits per heavy atom. The molecule has 7 heteroatoms. The summed E-state index contributed by atoms with van der Waals surface area (Å²) in [4.78, 5) is 25.8. The summed E-state index contributed by atoms with van der Waals surface area (Å²) in [5, 5.41) is 7.17. The number of aryl methyl sites for hydroxylation is 1. The van der Waals surface area contributed by atoms with Gasteiger partial charge in [0.1, 0.15) is 23.1 Å². The van der Waals surface area contributed by atoms with E-state index in [2.05, 4.69) is 25.6 Å². The van der Waals surface area contributed by atoms with E-state index in [0.29, 0.717) is 18.2 Å². The van der Waals surface area contributed by atoms with Crippen LogP contribution in [0.25, 0.3) is 10.9 Å². The maximum atomic E-state index is 12.7. The minimum absolute atomic E-state index is 0.285. The molecule has 0 fully saturated rings. The van der Waals surface area contributed by atoms with E-state index in [1.165, 1.54) is 0 Å². The van der Waals surface area contributed by atoms with Gasteiger partial charge in [0.05, 0.1) is 18.3 Å². The molecule has 30 heavy (non-hydrogen) atoms. The molecule has 2 heterocycles. The highest BCUT2D eigenvalue weighted by atomic mass is 16.5. The third-order valence-electron chi connectivity index (χ3n) is 4.60. The molecule has 4 aromatic rings. The zero-order valence-electron chi connectivity index (χ0n) is 16.7. The van der Waals surface area contributed by atoms with Crippen LogP contribution in [0.3, 0.4) is 0 Å². The molecular weight excluding hydrogens is 378 g/mol. The summed E-state index contributed by atoms with van der Waals surface area (Å²) in [6.45, 7) is 2.09. The summed E-state index contributed by atoms with van der Waals surface area (Å²) >= 11 is 0. The van der Waals surface area contributed by atoms with Crippen LogP contribution < -0.4 is 15.4 Å². The normalized spacial score (nSPS) is 10.6. The van der Waals surface area contributed by atoms with Gasteiger partial charge < -0.3 is 15.4 Å². The minimum Gasteiger partial charge on any atom is -0.496 e. The standard InChI is InChI=1S/C23H21N5O2/c1-15-26-19(23(29)25-14-17-7-3-4-11-20(17)30-2)13-21(27-15)28-18-10-5-8-16-9-6-12-24-22(16)18/h3-13H,14H2,1-2H3,(H,25,29)(H,26,27,28). The van der Waals surface area contributed by atoms with Crippen LogP contribution in [0.2, 0.25) is 0 Å². The van der Waals surface area contributed by atoms with Crippen LogP contribution in [-0.2, 0) is 6.54 Å². The molecule has 7 nitrogen and oxygen atoms in total. The summed E-state index contributed by atoms with van der Waals surface area (Å²) in [5.74, 6) is 1.46. The predicted molar refractivity (Wildman–Crippen MR) is 116 cm³/mol. The first-order valence-corrected chi connectivity index (χ1v) is 9.50. The number of amides is 1. The van der Waals surface area contributed by atoms with Crippen molar-refractivity contribution >= 4 is 28.3 Å². The third kappa shape index (κ3) is 4.20. The van der Waals surface area contributed by atoms with Crippen molar-refractivity contribution in [3.8, 4) is 5.75 Å². The van der Waals surface area contributed by atoms with Gasteiger partial charge in [0.15, 0.2) is 0 Å². The Morgan fingerprint density at radius 2 is 1.87 bits per heavy atom. The minimum atomic E-state index is -0.287. The molecule has 0 bridgehead atoms. The molecule has 0 saturated heterocycles. The summed E-state index contributed by atoms with van der Waals surface area (Å²) in [6.07, 6.45) is 1.75. The smallest absolute Gasteiger partial charge is 0.270 e. The lowest BCUT2D eigenvalue weighted by Crippen LogP contribution is -2.24. The predicted octanol–water partition coefficient (Wildman–Crippen LogP) is 4.02. The highest BCUT2D eigenvalue weighted by Gasteiger charge is 2.12. The summed E-state index contributed by atoms with van der Waals surface area (Å²) in [6, 6.07) is 18.9. The molecule has 0 radical (unpaired) electrons. The van der Waals surface area contributed by atoms with E-state index in [9.17, 15) is 4.79 Å². The van der Waals surface area contributed by atoms with Crippen LogP contribution >= 0.6 is 0 Å². The Morgan fingerprint density at radius 3 is 2.73 bits per heavy atom. The van der Waals surface area contributed by atoms with Crippen LogP contribution in [0, 0.1) is 6.92 Å². The molecule has 0 aliphatic carbocycles. The Bertz CT molecular complexity index is 1200. The number of hydrogen-bond acceptors (Lipinski definition) is 6. The fraction of sp³-hybridized carbons (Fsp3) is 0.130. The number of carbonyl (C=O) groups is 1. The zero-order valence-corrected chi connectivity index (χ0v) is 16.7. The number of carbonyl (C=O) groups excluding carboxylic acids is 1. The van der Waals surface area contributed by atoms with Crippen molar-refractivity contribution in [2.45, 2.75) is 13.5 Å². The number of pyridine rings is 1. The number of fused-ring (bicyclic) bond motifs is 1. The molecule has 0 spiro atoms. The van der Waals surface area contributed by atoms with Crippen molar-refractivity contribution in [1.29, 1.82) is 0 Å². The third-order valence-corrected chi connectivity index (χ3v) is 4.60. The van der Waals surface area contributed by atoms with E-state index >= 15 is 0 Å². The maximum Gasteiger partial charge on any atom is 0.270 e. The van der Waals surface area contributed by atoms with Crippen molar-refractivity contribution in [3.63, 3.8) is 0 Å². The molecule has 1 amide bonds. The number of nitrogens with one attached hydrogen (secondary N) is 2. The van der Waals surface area contributed by atoms with Gasteiger partial charge in [-0.3, -0.25) is 9.78 Å². The Hall–Kier alpha value is -4.00. The number of hydrogen-bond donors (Lipinski definition) is 2. The summed E-state index contributed by atoms with van der Waals surface area (Å²) in [5.41, 5.74) is 2.82. The fourth-order valence-corrected chi connectivity index (χ4v) is 3.21. The highest BCUT2D eigenvalue weighted by molar-refractivity contribution is 5.94. The number of methoxy groups -OCH3 is 1. The van der Waals surface area contributed by atoms with E-state index in [-0.39, 0.29) is 11.6 Å². The largest absolute Gasteiger partial charge is 0.496 e. The summed E-state index contributed by atoms with van der Waals surface area (Å²) < 4.78 is 5.33.